The van der Waals surface area contributed by atoms with Gasteiger partial charge in [0.1, 0.15) is 5.65 Å². The molecule has 0 unspecified atom stereocenters. The Kier molecular flexibility index (Phi) is 6.17. The minimum atomic E-state index is 0.0645. The molecule has 0 bridgehead atoms. The van der Waals surface area contributed by atoms with Crippen LogP contribution in [-0.4, -0.2) is 41.0 Å². The predicted octanol–water partition coefficient (Wildman–Crippen LogP) is 1.79. The third kappa shape index (κ3) is 4.52. The molecule has 0 radical (unpaired) electrons. The zero-order valence-corrected chi connectivity index (χ0v) is 12.9. The van der Waals surface area contributed by atoms with Crippen molar-refractivity contribution in [3.05, 3.63) is 30.1 Å². The second-order valence-corrected chi connectivity index (χ2v) is 5.58. The fourth-order valence-corrected chi connectivity index (χ4v) is 2.33. The third-order valence-corrected chi connectivity index (χ3v) is 3.30. The van der Waals surface area contributed by atoms with Crippen molar-refractivity contribution in [1.82, 2.24) is 14.9 Å². The van der Waals surface area contributed by atoms with Gasteiger partial charge in [-0.25, -0.2) is 4.98 Å². The Morgan fingerprint density at radius 1 is 1.38 bits per heavy atom. The van der Waals surface area contributed by atoms with E-state index in [0.717, 1.165) is 25.3 Å². The monoisotopic (exact) mass is 291 g/mol. The summed E-state index contributed by atoms with van der Waals surface area (Å²) in [4.78, 5) is 4.47. The molecule has 0 aromatic carbocycles. The number of aliphatic hydroxyl groups excluding tert-OH is 1. The summed E-state index contributed by atoms with van der Waals surface area (Å²) in [5.74, 6) is 0.642. The molecule has 2 aromatic rings. The lowest BCUT2D eigenvalue weighted by Gasteiger charge is -2.06. The molecule has 21 heavy (non-hydrogen) atoms. The van der Waals surface area contributed by atoms with Gasteiger partial charge >= 0.3 is 0 Å². The molecule has 0 saturated heterocycles. The highest BCUT2D eigenvalue weighted by atomic mass is 16.5. The van der Waals surface area contributed by atoms with Crippen LogP contribution in [0.1, 0.15) is 19.4 Å². The van der Waals surface area contributed by atoms with E-state index in [0.29, 0.717) is 19.1 Å². The molecule has 2 rings (SSSR count). The van der Waals surface area contributed by atoms with E-state index in [1.54, 1.807) is 0 Å². The van der Waals surface area contributed by atoms with Crippen LogP contribution in [0, 0.1) is 5.92 Å². The first-order chi connectivity index (χ1) is 10.2. The lowest BCUT2D eigenvalue weighted by molar-refractivity contribution is 0.0874. The number of fused-ring (bicyclic) bond motifs is 1. The SMILES string of the molecule is CC(C)CNCc1cn(CCOCCO)c2ncccc12. The van der Waals surface area contributed by atoms with Gasteiger partial charge in [0.05, 0.1) is 19.8 Å². The van der Waals surface area contributed by atoms with Gasteiger partial charge in [-0.2, -0.15) is 0 Å². The van der Waals surface area contributed by atoms with Crippen molar-refractivity contribution in [2.24, 2.45) is 5.92 Å². The van der Waals surface area contributed by atoms with E-state index in [1.165, 1.54) is 10.9 Å². The first kappa shape index (κ1) is 15.9. The van der Waals surface area contributed by atoms with Crippen LogP contribution in [0.25, 0.3) is 11.0 Å². The lowest BCUT2D eigenvalue weighted by atomic mass is 10.2. The summed E-state index contributed by atoms with van der Waals surface area (Å²) in [6, 6.07) is 4.08. The molecule has 0 atom stereocenters. The molecule has 0 aliphatic carbocycles. The standard InChI is InChI=1S/C16H25N3O2/c1-13(2)10-17-11-14-12-19(6-8-21-9-7-20)16-15(14)4-3-5-18-16/h3-5,12-13,17,20H,6-11H2,1-2H3. The summed E-state index contributed by atoms with van der Waals surface area (Å²) < 4.78 is 7.47. The largest absolute Gasteiger partial charge is 0.394 e. The highest BCUT2D eigenvalue weighted by Crippen LogP contribution is 2.19. The van der Waals surface area contributed by atoms with Gasteiger partial charge in [0.15, 0.2) is 0 Å². The summed E-state index contributed by atoms with van der Waals surface area (Å²) in [7, 11) is 0. The Balaban J connectivity index is 2.06. The Labute approximate surface area is 125 Å². The van der Waals surface area contributed by atoms with Gasteiger partial charge < -0.3 is 19.7 Å². The number of rotatable bonds is 9. The second kappa shape index (κ2) is 8.12. The van der Waals surface area contributed by atoms with E-state index in [9.17, 15) is 0 Å². The summed E-state index contributed by atoms with van der Waals surface area (Å²) in [5, 5.41) is 13.4. The number of aliphatic hydroxyl groups is 1. The number of nitrogens with zero attached hydrogens (tertiary/aromatic N) is 2. The Morgan fingerprint density at radius 3 is 3.00 bits per heavy atom. The number of aromatic nitrogens is 2. The van der Waals surface area contributed by atoms with Gasteiger partial charge in [-0.3, -0.25) is 0 Å². The summed E-state index contributed by atoms with van der Waals surface area (Å²) in [6.45, 7) is 8.05. The van der Waals surface area contributed by atoms with Crippen molar-refractivity contribution >= 4 is 11.0 Å². The van der Waals surface area contributed by atoms with Crippen LogP contribution in [0.4, 0.5) is 0 Å². The third-order valence-electron chi connectivity index (χ3n) is 3.30. The van der Waals surface area contributed by atoms with E-state index < -0.39 is 0 Å². The average molecular weight is 291 g/mol. The summed E-state index contributed by atoms with van der Waals surface area (Å²) in [5.41, 5.74) is 2.26. The van der Waals surface area contributed by atoms with Gasteiger partial charge in [0.2, 0.25) is 0 Å². The van der Waals surface area contributed by atoms with E-state index in [2.05, 4.69) is 41.0 Å². The number of pyridine rings is 1. The quantitative estimate of drug-likeness (QED) is 0.692. The van der Waals surface area contributed by atoms with Gasteiger partial charge in [0, 0.05) is 30.9 Å². The minimum Gasteiger partial charge on any atom is -0.394 e. The van der Waals surface area contributed by atoms with Gasteiger partial charge in [-0.1, -0.05) is 13.8 Å². The van der Waals surface area contributed by atoms with E-state index in [1.807, 2.05) is 12.3 Å². The molecule has 0 spiro atoms. The summed E-state index contributed by atoms with van der Waals surface area (Å²) >= 11 is 0. The molecule has 2 heterocycles. The van der Waals surface area contributed by atoms with Crippen LogP contribution in [0.15, 0.2) is 24.5 Å². The highest BCUT2D eigenvalue weighted by molar-refractivity contribution is 5.80. The Bertz CT molecular complexity index is 551. The Hall–Kier alpha value is -1.43. The van der Waals surface area contributed by atoms with Crippen LogP contribution in [0.5, 0.6) is 0 Å². The van der Waals surface area contributed by atoms with Crippen LogP contribution in [0.2, 0.25) is 0 Å². The van der Waals surface area contributed by atoms with Crippen molar-refractivity contribution in [1.29, 1.82) is 0 Å². The number of hydrogen-bond donors (Lipinski definition) is 2. The van der Waals surface area contributed by atoms with Gasteiger partial charge in [-0.05, 0) is 30.2 Å². The fraction of sp³-hybridized carbons (Fsp3) is 0.562. The molecule has 2 aromatic heterocycles. The zero-order valence-electron chi connectivity index (χ0n) is 12.9. The molecule has 0 aliphatic heterocycles. The van der Waals surface area contributed by atoms with Crippen molar-refractivity contribution in [3.8, 4) is 0 Å². The number of nitrogens with one attached hydrogen (secondary N) is 1. The van der Waals surface area contributed by atoms with E-state index in [-0.39, 0.29) is 6.61 Å². The fourth-order valence-electron chi connectivity index (χ4n) is 2.33. The molecule has 116 valence electrons. The molecular weight excluding hydrogens is 266 g/mol. The van der Waals surface area contributed by atoms with Crippen molar-refractivity contribution in [2.45, 2.75) is 26.9 Å². The van der Waals surface area contributed by atoms with E-state index >= 15 is 0 Å². The van der Waals surface area contributed by atoms with Crippen molar-refractivity contribution in [3.63, 3.8) is 0 Å². The predicted molar refractivity (Wildman–Crippen MR) is 84.2 cm³/mol. The molecule has 0 fully saturated rings. The maximum atomic E-state index is 8.73. The van der Waals surface area contributed by atoms with Crippen LogP contribution < -0.4 is 5.32 Å². The van der Waals surface area contributed by atoms with Crippen LogP contribution in [0.3, 0.4) is 0 Å². The average Bonchev–Trinajstić information content (AvgIpc) is 2.82. The normalized spacial score (nSPS) is 11.6. The van der Waals surface area contributed by atoms with Gasteiger partial charge in [0.25, 0.3) is 0 Å². The molecule has 5 heteroatoms. The molecule has 0 saturated carbocycles. The number of ether oxygens (including phenoxy) is 1. The molecular formula is C16H25N3O2. The second-order valence-electron chi connectivity index (χ2n) is 5.58. The highest BCUT2D eigenvalue weighted by Gasteiger charge is 2.09. The molecule has 5 nitrogen and oxygen atoms in total. The first-order valence-corrected chi connectivity index (χ1v) is 7.54. The van der Waals surface area contributed by atoms with Crippen molar-refractivity contribution in [2.75, 3.05) is 26.4 Å². The maximum Gasteiger partial charge on any atom is 0.140 e. The molecule has 0 aliphatic rings. The molecule has 2 N–H and O–H groups in total. The minimum absolute atomic E-state index is 0.0645. The van der Waals surface area contributed by atoms with Crippen LogP contribution in [-0.2, 0) is 17.8 Å². The smallest absolute Gasteiger partial charge is 0.140 e. The lowest BCUT2D eigenvalue weighted by Crippen LogP contribution is -2.18. The summed E-state index contributed by atoms with van der Waals surface area (Å²) in [6.07, 6.45) is 3.96. The number of hydrogen-bond acceptors (Lipinski definition) is 4. The zero-order chi connectivity index (χ0) is 15.1. The first-order valence-electron chi connectivity index (χ1n) is 7.54. The molecule has 0 amide bonds. The van der Waals surface area contributed by atoms with Crippen molar-refractivity contribution < 1.29 is 9.84 Å². The van der Waals surface area contributed by atoms with E-state index in [4.69, 9.17) is 9.84 Å². The topological polar surface area (TPSA) is 59.3 Å². The maximum absolute atomic E-state index is 8.73. The van der Waals surface area contributed by atoms with Gasteiger partial charge in [-0.15, -0.1) is 0 Å². The van der Waals surface area contributed by atoms with Crippen LogP contribution >= 0.6 is 0 Å². The Morgan fingerprint density at radius 2 is 2.24 bits per heavy atom.